The molecule has 0 amide bonds. The lowest BCUT2D eigenvalue weighted by Crippen LogP contribution is -2.40. The molecule has 1 N–H and O–H groups in total. The quantitative estimate of drug-likeness (QED) is 0.383. The van der Waals surface area contributed by atoms with Crippen molar-refractivity contribution in [3.63, 3.8) is 0 Å². The zero-order valence-electron chi connectivity index (χ0n) is 16.7. The summed E-state index contributed by atoms with van der Waals surface area (Å²) in [5.41, 5.74) is 1.53. The minimum absolute atomic E-state index is 0.243. The molecule has 0 spiro atoms. The second-order valence-corrected chi connectivity index (χ2v) is 6.70. The first kappa shape index (κ1) is 21.6. The molecule has 6 nitrogen and oxygen atoms in total. The molecule has 152 valence electrons. The van der Waals surface area contributed by atoms with Gasteiger partial charge in [0.05, 0.1) is 33.0 Å². The van der Waals surface area contributed by atoms with Crippen molar-refractivity contribution in [1.29, 1.82) is 0 Å². The van der Waals surface area contributed by atoms with Crippen molar-refractivity contribution in [3.05, 3.63) is 35.1 Å². The third kappa shape index (κ3) is 7.08. The third-order valence-electron chi connectivity index (χ3n) is 4.53. The molecular weight excluding hydrogens is 349 g/mol. The largest absolute Gasteiger partial charge is 0.382 e. The Morgan fingerprint density at radius 3 is 2.89 bits per heavy atom. The van der Waals surface area contributed by atoms with Crippen molar-refractivity contribution in [1.82, 2.24) is 10.2 Å². The summed E-state index contributed by atoms with van der Waals surface area (Å²) in [4.78, 5) is 7.02. The second-order valence-electron chi connectivity index (χ2n) is 6.70. The van der Waals surface area contributed by atoms with Crippen LogP contribution in [0.15, 0.2) is 23.2 Å². The summed E-state index contributed by atoms with van der Waals surface area (Å²) in [6.07, 6.45) is 1.09. The number of likely N-dealkylation sites (tertiary alicyclic amines) is 1. The van der Waals surface area contributed by atoms with Crippen LogP contribution in [0.4, 0.5) is 4.39 Å². The Morgan fingerprint density at radius 2 is 2.15 bits per heavy atom. The van der Waals surface area contributed by atoms with Crippen LogP contribution in [-0.4, -0.2) is 64.5 Å². The van der Waals surface area contributed by atoms with E-state index in [2.05, 4.69) is 17.1 Å². The first-order chi connectivity index (χ1) is 13.2. The Kier molecular flexibility index (Phi) is 9.52. The summed E-state index contributed by atoms with van der Waals surface area (Å²) in [6, 6.07) is 5.08. The van der Waals surface area contributed by atoms with Crippen LogP contribution in [0.5, 0.6) is 0 Å². The second kappa shape index (κ2) is 11.9. The van der Waals surface area contributed by atoms with Crippen molar-refractivity contribution in [2.75, 3.05) is 53.7 Å². The highest BCUT2D eigenvalue weighted by atomic mass is 19.1. The van der Waals surface area contributed by atoms with Gasteiger partial charge in [0, 0.05) is 45.3 Å². The highest BCUT2D eigenvalue weighted by Crippen LogP contribution is 2.17. The standard InChI is InChI=1S/C20H32FN3O3/c1-4-22-20(24-8-7-17(13-24)14-27-10-9-25-2)23-12-16-5-6-19(21)18(11-16)15-26-3/h5-6,11,17H,4,7-10,12-15H2,1-3H3,(H,22,23). The van der Waals surface area contributed by atoms with E-state index in [1.54, 1.807) is 20.3 Å². The highest BCUT2D eigenvalue weighted by Gasteiger charge is 2.24. The molecule has 1 heterocycles. The van der Waals surface area contributed by atoms with E-state index in [0.717, 1.165) is 44.2 Å². The van der Waals surface area contributed by atoms with Gasteiger partial charge in [0.15, 0.2) is 5.96 Å². The fourth-order valence-corrected chi connectivity index (χ4v) is 3.14. The molecule has 1 saturated heterocycles. The van der Waals surface area contributed by atoms with E-state index in [1.165, 1.54) is 6.07 Å². The molecule has 2 rings (SSSR count). The van der Waals surface area contributed by atoms with Gasteiger partial charge in [-0.05, 0) is 31.0 Å². The van der Waals surface area contributed by atoms with Crippen molar-refractivity contribution in [2.45, 2.75) is 26.5 Å². The SMILES string of the molecule is CCNC(=NCc1ccc(F)c(COC)c1)N1CCC(COCCOC)C1. The predicted octanol–water partition coefficient (Wildman–Crippen LogP) is 2.42. The van der Waals surface area contributed by atoms with Crippen LogP contribution in [0.25, 0.3) is 0 Å². The van der Waals surface area contributed by atoms with Gasteiger partial charge in [-0.25, -0.2) is 9.38 Å². The van der Waals surface area contributed by atoms with Crippen LogP contribution in [0, 0.1) is 11.7 Å². The zero-order valence-corrected chi connectivity index (χ0v) is 16.7. The molecule has 0 aliphatic carbocycles. The number of hydrogen-bond donors (Lipinski definition) is 1. The smallest absolute Gasteiger partial charge is 0.194 e. The van der Waals surface area contributed by atoms with Gasteiger partial charge >= 0.3 is 0 Å². The van der Waals surface area contributed by atoms with Crippen LogP contribution in [0.1, 0.15) is 24.5 Å². The average molecular weight is 381 g/mol. The molecule has 27 heavy (non-hydrogen) atoms. The first-order valence-corrected chi connectivity index (χ1v) is 9.54. The molecule has 1 aliphatic rings. The monoisotopic (exact) mass is 381 g/mol. The Morgan fingerprint density at radius 1 is 1.30 bits per heavy atom. The molecule has 7 heteroatoms. The summed E-state index contributed by atoms with van der Waals surface area (Å²) in [5.74, 6) is 1.16. The molecule has 1 unspecified atom stereocenters. The molecular formula is C20H32FN3O3. The van der Waals surface area contributed by atoms with Crippen LogP contribution in [-0.2, 0) is 27.4 Å². The maximum absolute atomic E-state index is 13.8. The van der Waals surface area contributed by atoms with Crippen LogP contribution >= 0.6 is 0 Å². The Bertz CT molecular complexity index is 598. The van der Waals surface area contributed by atoms with E-state index in [4.69, 9.17) is 19.2 Å². The maximum atomic E-state index is 13.8. The molecule has 0 aromatic heterocycles. The van der Waals surface area contributed by atoms with E-state index in [-0.39, 0.29) is 12.4 Å². The molecule has 1 atom stereocenters. The predicted molar refractivity (Wildman–Crippen MR) is 104 cm³/mol. The Labute approximate surface area is 161 Å². The van der Waals surface area contributed by atoms with Gasteiger partial charge in [0.1, 0.15) is 5.82 Å². The van der Waals surface area contributed by atoms with Crippen LogP contribution in [0.2, 0.25) is 0 Å². The Balaban J connectivity index is 1.93. The van der Waals surface area contributed by atoms with Gasteiger partial charge in [-0.1, -0.05) is 6.07 Å². The lowest BCUT2D eigenvalue weighted by Gasteiger charge is -2.21. The van der Waals surface area contributed by atoms with E-state index < -0.39 is 0 Å². The summed E-state index contributed by atoms with van der Waals surface area (Å²) in [7, 11) is 3.25. The third-order valence-corrected chi connectivity index (χ3v) is 4.53. The fourth-order valence-electron chi connectivity index (χ4n) is 3.14. The number of hydrogen-bond acceptors (Lipinski definition) is 4. The normalized spacial score (nSPS) is 17.6. The molecule has 0 radical (unpaired) electrons. The molecule has 1 aromatic rings. The zero-order chi connectivity index (χ0) is 19.5. The number of nitrogens with one attached hydrogen (secondary N) is 1. The topological polar surface area (TPSA) is 55.3 Å². The lowest BCUT2D eigenvalue weighted by molar-refractivity contribution is 0.0536. The van der Waals surface area contributed by atoms with E-state index >= 15 is 0 Å². The van der Waals surface area contributed by atoms with Gasteiger partial charge in [-0.3, -0.25) is 0 Å². The molecule has 1 aromatic carbocycles. The van der Waals surface area contributed by atoms with Crippen molar-refractivity contribution in [3.8, 4) is 0 Å². The minimum atomic E-state index is -0.243. The van der Waals surface area contributed by atoms with E-state index in [1.807, 2.05) is 6.07 Å². The average Bonchev–Trinajstić information content (AvgIpc) is 3.13. The first-order valence-electron chi connectivity index (χ1n) is 9.54. The van der Waals surface area contributed by atoms with E-state index in [9.17, 15) is 4.39 Å². The Hall–Kier alpha value is -1.70. The maximum Gasteiger partial charge on any atom is 0.194 e. The van der Waals surface area contributed by atoms with Crippen molar-refractivity contribution >= 4 is 5.96 Å². The molecule has 0 bridgehead atoms. The highest BCUT2D eigenvalue weighted by molar-refractivity contribution is 5.80. The summed E-state index contributed by atoms with van der Waals surface area (Å²) in [6.45, 7) is 7.54. The van der Waals surface area contributed by atoms with Gasteiger partial charge in [0.25, 0.3) is 0 Å². The number of aliphatic imine (C=N–C) groups is 1. The number of guanidine groups is 1. The molecule has 1 fully saturated rings. The van der Waals surface area contributed by atoms with Crippen molar-refractivity contribution < 1.29 is 18.6 Å². The number of ether oxygens (including phenoxy) is 3. The number of benzene rings is 1. The number of rotatable bonds is 10. The fraction of sp³-hybridized carbons (Fsp3) is 0.650. The van der Waals surface area contributed by atoms with E-state index in [0.29, 0.717) is 31.2 Å². The number of nitrogens with zero attached hydrogens (tertiary/aromatic N) is 2. The molecule has 1 aliphatic heterocycles. The lowest BCUT2D eigenvalue weighted by atomic mass is 10.1. The summed E-state index contributed by atoms with van der Waals surface area (Å²) < 4.78 is 29.5. The number of halogens is 1. The van der Waals surface area contributed by atoms with Gasteiger partial charge in [-0.2, -0.15) is 0 Å². The van der Waals surface area contributed by atoms with Gasteiger partial charge in [0.2, 0.25) is 0 Å². The van der Waals surface area contributed by atoms with Gasteiger partial charge < -0.3 is 24.4 Å². The van der Waals surface area contributed by atoms with Gasteiger partial charge in [-0.15, -0.1) is 0 Å². The van der Waals surface area contributed by atoms with Crippen LogP contribution < -0.4 is 5.32 Å². The van der Waals surface area contributed by atoms with Crippen LogP contribution in [0.3, 0.4) is 0 Å². The van der Waals surface area contributed by atoms with Crippen molar-refractivity contribution in [2.24, 2.45) is 10.9 Å². The number of methoxy groups -OCH3 is 2. The molecule has 0 saturated carbocycles. The minimum Gasteiger partial charge on any atom is -0.382 e. The summed E-state index contributed by atoms with van der Waals surface area (Å²) >= 11 is 0. The summed E-state index contributed by atoms with van der Waals surface area (Å²) in [5, 5.41) is 3.36.